The van der Waals surface area contributed by atoms with Crippen LogP contribution in [0, 0.1) is 5.82 Å². The highest BCUT2D eigenvalue weighted by Gasteiger charge is 2.17. The number of rotatable bonds is 4. The fraction of sp³-hybridized carbons (Fsp3) is 0.100. The number of benzene rings is 1. The van der Waals surface area contributed by atoms with E-state index in [9.17, 15) is 14.0 Å². The molecule has 0 aliphatic heterocycles. The SMILES string of the molecule is O=c1c2ncccc2n(Cc2c(F)cccc2Cl)c(=O)n1Cc1cccnc1. The molecule has 0 bridgehead atoms. The van der Waals surface area contributed by atoms with Crippen molar-refractivity contribution in [3.8, 4) is 0 Å². The quantitative estimate of drug-likeness (QED) is 0.532. The van der Waals surface area contributed by atoms with Crippen LogP contribution in [-0.4, -0.2) is 19.1 Å². The van der Waals surface area contributed by atoms with Crippen molar-refractivity contribution in [3.05, 3.63) is 104 Å². The van der Waals surface area contributed by atoms with Gasteiger partial charge in [0.2, 0.25) is 0 Å². The zero-order valence-electron chi connectivity index (χ0n) is 14.5. The second kappa shape index (κ2) is 7.36. The molecular formula is C20H14ClFN4O2. The molecule has 140 valence electrons. The molecule has 0 unspecified atom stereocenters. The predicted octanol–water partition coefficient (Wildman–Crippen LogP) is 2.84. The van der Waals surface area contributed by atoms with E-state index in [0.29, 0.717) is 11.1 Å². The van der Waals surface area contributed by atoms with Gasteiger partial charge < -0.3 is 0 Å². The average molecular weight is 397 g/mol. The summed E-state index contributed by atoms with van der Waals surface area (Å²) in [6.45, 7) is -0.0944. The van der Waals surface area contributed by atoms with Gasteiger partial charge in [0.1, 0.15) is 5.82 Å². The van der Waals surface area contributed by atoms with Gasteiger partial charge in [-0.2, -0.15) is 0 Å². The van der Waals surface area contributed by atoms with E-state index >= 15 is 0 Å². The zero-order chi connectivity index (χ0) is 19.7. The van der Waals surface area contributed by atoms with Gasteiger partial charge in [0.15, 0.2) is 5.52 Å². The Hall–Kier alpha value is -3.32. The Labute approximate surface area is 163 Å². The topological polar surface area (TPSA) is 69.8 Å². The normalized spacial score (nSPS) is 11.1. The van der Waals surface area contributed by atoms with Crippen LogP contribution in [0.15, 0.2) is 70.6 Å². The van der Waals surface area contributed by atoms with Gasteiger partial charge in [-0.15, -0.1) is 0 Å². The molecule has 8 heteroatoms. The fourth-order valence-corrected chi connectivity index (χ4v) is 3.27. The molecule has 28 heavy (non-hydrogen) atoms. The van der Waals surface area contributed by atoms with Crippen molar-refractivity contribution in [2.75, 3.05) is 0 Å². The van der Waals surface area contributed by atoms with E-state index < -0.39 is 17.1 Å². The smallest absolute Gasteiger partial charge is 0.287 e. The van der Waals surface area contributed by atoms with Crippen molar-refractivity contribution >= 4 is 22.6 Å². The predicted molar refractivity (Wildman–Crippen MR) is 104 cm³/mol. The van der Waals surface area contributed by atoms with E-state index in [2.05, 4.69) is 9.97 Å². The molecule has 4 aromatic rings. The molecule has 0 fully saturated rings. The zero-order valence-corrected chi connectivity index (χ0v) is 15.3. The highest BCUT2D eigenvalue weighted by Crippen LogP contribution is 2.20. The molecule has 0 saturated heterocycles. The number of halogens is 2. The van der Waals surface area contributed by atoms with Crippen molar-refractivity contribution < 1.29 is 4.39 Å². The molecular weight excluding hydrogens is 383 g/mol. The van der Waals surface area contributed by atoms with Crippen molar-refractivity contribution in [2.45, 2.75) is 13.1 Å². The number of hydrogen-bond acceptors (Lipinski definition) is 4. The molecule has 0 aliphatic rings. The van der Waals surface area contributed by atoms with E-state index in [1.165, 1.54) is 22.9 Å². The van der Waals surface area contributed by atoms with Crippen LogP contribution in [0.2, 0.25) is 5.02 Å². The van der Waals surface area contributed by atoms with Crippen LogP contribution in [0.25, 0.3) is 11.0 Å². The molecule has 3 aromatic heterocycles. The van der Waals surface area contributed by atoms with Gasteiger partial charge in [-0.25, -0.2) is 14.2 Å². The molecule has 0 amide bonds. The number of aromatic nitrogens is 4. The van der Waals surface area contributed by atoms with Crippen LogP contribution in [0.1, 0.15) is 11.1 Å². The largest absolute Gasteiger partial charge is 0.332 e. The molecule has 0 aliphatic carbocycles. The van der Waals surface area contributed by atoms with E-state index in [0.717, 1.165) is 4.57 Å². The Morgan fingerprint density at radius 3 is 2.54 bits per heavy atom. The second-order valence-electron chi connectivity index (χ2n) is 6.19. The lowest BCUT2D eigenvalue weighted by atomic mass is 10.2. The van der Waals surface area contributed by atoms with Crippen molar-refractivity contribution in [3.63, 3.8) is 0 Å². The van der Waals surface area contributed by atoms with E-state index in [1.54, 1.807) is 42.7 Å². The summed E-state index contributed by atoms with van der Waals surface area (Å²) in [5.41, 5.74) is 0.210. The number of hydrogen-bond donors (Lipinski definition) is 0. The highest BCUT2D eigenvalue weighted by atomic mass is 35.5. The maximum atomic E-state index is 14.3. The fourth-order valence-electron chi connectivity index (χ4n) is 3.05. The molecule has 0 saturated carbocycles. The Balaban J connectivity index is 1.95. The molecule has 6 nitrogen and oxygen atoms in total. The molecule has 0 spiro atoms. The van der Waals surface area contributed by atoms with Gasteiger partial charge >= 0.3 is 5.69 Å². The number of pyridine rings is 2. The van der Waals surface area contributed by atoms with Gasteiger partial charge in [-0.05, 0) is 35.9 Å². The van der Waals surface area contributed by atoms with Crippen molar-refractivity contribution in [2.24, 2.45) is 0 Å². The van der Waals surface area contributed by atoms with Gasteiger partial charge in [-0.1, -0.05) is 23.7 Å². The van der Waals surface area contributed by atoms with Crippen molar-refractivity contribution in [1.29, 1.82) is 0 Å². The Morgan fingerprint density at radius 2 is 1.79 bits per heavy atom. The molecule has 3 heterocycles. The minimum Gasteiger partial charge on any atom is -0.287 e. The van der Waals surface area contributed by atoms with Crippen LogP contribution in [0.4, 0.5) is 4.39 Å². The number of nitrogens with zero attached hydrogens (tertiary/aromatic N) is 4. The summed E-state index contributed by atoms with van der Waals surface area (Å²) in [6, 6.07) is 11.0. The Bertz CT molecular complexity index is 1260. The Kier molecular flexibility index (Phi) is 4.75. The monoisotopic (exact) mass is 396 g/mol. The van der Waals surface area contributed by atoms with Crippen LogP contribution in [0.3, 0.4) is 0 Å². The van der Waals surface area contributed by atoms with E-state index in [4.69, 9.17) is 11.6 Å². The second-order valence-corrected chi connectivity index (χ2v) is 6.60. The summed E-state index contributed by atoms with van der Waals surface area (Å²) >= 11 is 6.14. The first kappa shape index (κ1) is 18.1. The van der Waals surface area contributed by atoms with Gasteiger partial charge in [0, 0.05) is 29.2 Å². The summed E-state index contributed by atoms with van der Waals surface area (Å²) in [4.78, 5) is 34.2. The van der Waals surface area contributed by atoms with Gasteiger partial charge in [0.25, 0.3) is 5.56 Å². The first-order chi connectivity index (χ1) is 13.6. The van der Waals surface area contributed by atoms with Gasteiger partial charge in [0.05, 0.1) is 18.6 Å². The minimum atomic E-state index is -0.575. The lowest BCUT2D eigenvalue weighted by Gasteiger charge is -2.14. The van der Waals surface area contributed by atoms with Gasteiger partial charge in [-0.3, -0.25) is 18.9 Å². The van der Waals surface area contributed by atoms with E-state index in [1.807, 2.05) is 0 Å². The average Bonchev–Trinajstić information content (AvgIpc) is 2.71. The molecule has 0 N–H and O–H groups in total. The summed E-state index contributed by atoms with van der Waals surface area (Å²) in [7, 11) is 0. The highest BCUT2D eigenvalue weighted by molar-refractivity contribution is 6.31. The van der Waals surface area contributed by atoms with Crippen LogP contribution < -0.4 is 11.2 Å². The summed E-state index contributed by atoms with van der Waals surface area (Å²) in [6.07, 6.45) is 4.66. The first-order valence-corrected chi connectivity index (χ1v) is 8.84. The van der Waals surface area contributed by atoms with Crippen LogP contribution in [-0.2, 0) is 13.1 Å². The maximum Gasteiger partial charge on any atom is 0.332 e. The summed E-state index contributed by atoms with van der Waals surface area (Å²) in [5.74, 6) is -0.526. The van der Waals surface area contributed by atoms with Crippen LogP contribution in [0.5, 0.6) is 0 Å². The molecule has 0 atom stereocenters. The lowest BCUT2D eigenvalue weighted by molar-refractivity contribution is 0.583. The minimum absolute atomic E-state index is 0.0308. The van der Waals surface area contributed by atoms with Crippen LogP contribution >= 0.6 is 11.6 Å². The lowest BCUT2D eigenvalue weighted by Crippen LogP contribution is -2.41. The Morgan fingerprint density at radius 1 is 0.964 bits per heavy atom. The molecule has 4 rings (SSSR count). The third kappa shape index (κ3) is 3.20. The third-order valence-corrected chi connectivity index (χ3v) is 4.78. The molecule has 1 aromatic carbocycles. The molecule has 0 radical (unpaired) electrons. The summed E-state index contributed by atoms with van der Waals surface area (Å²) in [5, 5.41) is 0.203. The van der Waals surface area contributed by atoms with Crippen molar-refractivity contribution in [1.82, 2.24) is 19.1 Å². The summed E-state index contributed by atoms with van der Waals surface area (Å²) < 4.78 is 16.7. The first-order valence-electron chi connectivity index (χ1n) is 8.46. The standard InChI is InChI=1S/C20H14ClFN4O2/c21-15-5-1-6-16(22)14(15)12-25-17-7-3-9-24-18(17)19(27)26(20(25)28)11-13-4-2-8-23-10-13/h1-10H,11-12H2. The maximum absolute atomic E-state index is 14.3. The van der Waals surface area contributed by atoms with E-state index in [-0.39, 0.29) is 29.2 Å². The number of fused-ring (bicyclic) bond motifs is 1. The third-order valence-electron chi connectivity index (χ3n) is 4.43.